The highest BCUT2D eigenvalue weighted by atomic mass is 32.2. The van der Waals surface area contributed by atoms with Crippen molar-refractivity contribution < 1.29 is 26.7 Å². The van der Waals surface area contributed by atoms with Crippen molar-refractivity contribution in [1.29, 1.82) is 0 Å². The van der Waals surface area contributed by atoms with Crippen molar-refractivity contribution in [2.75, 3.05) is 6.54 Å². The Balaban J connectivity index is 2.19. The highest BCUT2D eigenvalue weighted by Crippen LogP contribution is 2.28. The molecule has 1 N–H and O–H groups in total. The van der Waals surface area contributed by atoms with Gasteiger partial charge in [-0.3, -0.25) is 0 Å². The molecule has 2 aromatic rings. The van der Waals surface area contributed by atoms with Gasteiger partial charge in [0.2, 0.25) is 0 Å². The van der Waals surface area contributed by atoms with Gasteiger partial charge in [-0.2, -0.15) is 17.5 Å². The monoisotopic (exact) mass is 385 g/mol. The molecule has 0 radical (unpaired) electrons. The molecule has 2 rings (SSSR count). The van der Waals surface area contributed by atoms with Crippen LogP contribution in [0.2, 0.25) is 0 Å². The molecule has 0 saturated heterocycles. The molecule has 26 heavy (non-hydrogen) atoms. The summed E-state index contributed by atoms with van der Waals surface area (Å²) in [5.41, 5.74) is -3.52. The Morgan fingerprint density at radius 3 is 2.12 bits per heavy atom. The smallest absolute Gasteiger partial charge is 0.392 e. The van der Waals surface area contributed by atoms with Crippen molar-refractivity contribution in [1.82, 2.24) is 4.31 Å². The number of aliphatic hydroxyl groups is 1. The number of benzene rings is 2. The maximum atomic E-state index is 12.9. The first kappa shape index (κ1) is 20.2. The van der Waals surface area contributed by atoms with Crippen LogP contribution in [0.3, 0.4) is 0 Å². The van der Waals surface area contributed by atoms with E-state index in [4.69, 9.17) is 5.11 Å². The molecule has 0 amide bonds. The Morgan fingerprint density at radius 1 is 0.962 bits per heavy atom. The third kappa shape index (κ3) is 5.17. The van der Waals surface area contributed by atoms with E-state index >= 15 is 0 Å². The number of sulfonamides is 1. The standard InChI is InChI=1S/C18H18F3NO3S/c19-18(20,21)26(24,25)22(13-16-5-2-1-3-6-16)12-4-7-15-8-10-17(14-23)11-9-15/h1-11,23H,12-14H2/b7-4+. The number of nitrogens with zero attached hydrogens (tertiary/aromatic N) is 1. The molecule has 0 bridgehead atoms. The Hall–Kier alpha value is -2.16. The van der Waals surface area contributed by atoms with Crippen LogP contribution in [0.5, 0.6) is 0 Å². The largest absolute Gasteiger partial charge is 0.511 e. The third-order valence-corrected chi connectivity index (χ3v) is 5.16. The van der Waals surface area contributed by atoms with E-state index in [0.29, 0.717) is 21.0 Å². The fourth-order valence-corrected chi connectivity index (χ4v) is 3.12. The minimum atomic E-state index is -5.45. The Kier molecular flexibility index (Phi) is 6.57. The first-order valence-corrected chi connectivity index (χ1v) is 9.15. The van der Waals surface area contributed by atoms with Gasteiger partial charge in [-0.25, -0.2) is 8.42 Å². The Morgan fingerprint density at radius 2 is 1.58 bits per heavy atom. The summed E-state index contributed by atoms with van der Waals surface area (Å²) in [7, 11) is -5.45. The zero-order valence-corrected chi connectivity index (χ0v) is 14.5. The summed E-state index contributed by atoms with van der Waals surface area (Å²) in [6, 6.07) is 14.8. The van der Waals surface area contributed by atoms with Gasteiger partial charge in [0.25, 0.3) is 0 Å². The number of hydrogen-bond acceptors (Lipinski definition) is 3. The van der Waals surface area contributed by atoms with Gasteiger partial charge in [-0.05, 0) is 16.7 Å². The van der Waals surface area contributed by atoms with E-state index < -0.39 is 22.1 Å². The minimum absolute atomic E-state index is 0.112. The van der Waals surface area contributed by atoms with Crippen LogP contribution >= 0.6 is 0 Å². The quantitative estimate of drug-likeness (QED) is 0.793. The molecule has 0 heterocycles. The van der Waals surface area contributed by atoms with Crippen molar-refractivity contribution in [3.05, 3.63) is 77.4 Å². The fraction of sp³-hybridized carbons (Fsp3) is 0.222. The van der Waals surface area contributed by atoms with Crippen LogP contribution in [0.15, 0.2) is 60.7 Å². The number of aliphatic hydroxyl groups excluding tert-OH is 1. The van der Waals surface area contributed by atoms with E-state index in [0.717, 1.165) is 0 Å². The molecule has 140 valence electrons. The van der Waals surface area contributed by atoms with E-state index in [1.54, 1.807) is 54.6 Å². The predicted molar refractivity (Wildman–Crippen MR) is 93.2 cm³/mol. The molecule has 0 atom stereocenters. The van der Waals surface area contributed by atoms with Crippen LogP contribution in [-0.4, -0.2) is 29.9 Å². The fourth-order valence-electron chi connectivity index (χ4n) is 2.22. The molecule has 0 aliphatic rings. The van der Waals surface area contributed by atoms with E-state index in [1.807, 2.05) is 0 Å². The second-order valence-electron chi connectivity index (χ2n) is 5.53. The lowest BCUT2D eigenvalue weighted by molar-refractivity contribution is -0.0488. The average Bonchev–Trinajstić information content (AvgIpc) is 2.61. The maximum Gasteiger partial charge on any atom is 0.511 e. The molecule has 2 aromatic carbocycles. The van der Waals surface area contributed by atoms with Gasteiger partial charge in [0.05, 0.1) is 6.61 Å². The number of rotatable bonds is 7. The van der Waals surface area contributed by atoms with Crippen molar-refractivity contribution in [3.8, 4) is 0 Å². The molecule has 0 fully saturated rings. The second kappa shape index (κ2) is 8.48. The van der Waals surface area contributed by atoms with E-state index in [1.165, 1.54) is 12.2 Å². The summed E-state index contributed by atoms with van der Waals surface area (Å²) in [5, 5.41) is 8.99. The van der Waals surface area contributed by atoms with Gasteiger partial charge >= 0.3 is 15.5 Å². The summed E-state index contributed by atoms with van der Waals surface area (Å²) in [6.07, 6.45) is 2.89. The summed E-state index contributed by atoms with van der Waals surface area (Å²) in [4.78, 5) is 0. The van der Waals surface area contributed by atoms with E-state index in [2.05, 4.69) is 0 Å². The second-order valence-corrected chi connectivity index (χ2v) is 7.46. The van der Waals surface area contributed by atoms with Gasteiger partial charge in [-0.1, -0.05) is 66.7 Å². The van der Waals surface area contributed by atoms with Crippen molar-refractivity contribution in [3.63, 3.8) is 0 Å². The summed E-state index contributed by atoms with van der Waals surface area (Å²) >= 11 is 0. The molecule has 0 saturated carbocycles. The van der Waals surface area contributed by atoms with Crippen LogP contribution < -0.4 is 0 Å². The zero-order chi connectivity index (χ0) is 19.2. The zero-order valence-electron chi connectivity index (χ0n) is 13.7. The minimum Gasteiger partial charge on any atom is -0.392 e. The predicted octanol–water partition coefficient (Wildman–Crippen LogP) is 3.54. The summed E-state index contributed by atoms with van der Waals surface area (Å²) in [6.45, 7) is -0.909. The van der Waals surface area contributed by atoms with Crippen LogP contribution in [-0.2, 0) is 23.2 Å². The SMILES string of the molecule is O=S(=O)(N(C/C=C/c1ccc(CO)cc1)Cc1ccccc1)C(F)(F)F. The normalized spacial score (nSPS) is 12.8. The highest BCUT2D eigenvalue weighted by molar-refractivity contribution is 7.89. The molecule has 0 unspecified atom stereocenters. The number of alkyl halides is 3. The average molecular weight is 385 g/mol. The van der Waals surface area contributed by atoms with E-state index in [9.17, 15) is 21.6 Å². The Labute approximate surface area is 150 Å². The van der Waals surface area contributed by atoms with Gasteiger partial charge in [-0.15, -0.1) is 0 Å². The molecule has 0 aliphatic carbocycles. The van der Waals surface area contributed by atoms with Gasteiger partial charge < -0.3 is 5.11 Å². The topological polar surface area (TPSA) is 57.6 Å². The Bertz CT molecular complexity index is 832. The lowest BCUT2D eigenvalue weighted by Gasteiger charge is -2.22. The lowest BCUT2D eigenvalue weighted by atomic mass is 10.1. The molecule has 0 aromatic heterocycles. The van der Waals surface area contributed by atoms with Crippen LogP contribution in [0.25, 0.3) is 6.08 Å². The van der Waals surface area contributed by atoms with Crippen LogP contribution in [0, 0.1) is 0 Å². The molecule has 0 spiro atoms. The third-order valence-electron chi connectivity index (χ3n) is 3.62. The highest BCUT2D eigenvalue weighted by Gasteiger charge is 2.49. The number of halogens is 3. The lowest BCUT2D eigenvalue weighted by Crippen LogP contribution is -2.40. The van der Waals surface area contributed by atoms with Gasteiger partial charge in [0.15, 0.2) is 0 Å². The molecule has 8 heteroatoms. The van der Waals surface area contributed by atoms with Crippen molar-refractivity contribution >= 4 is 16.1 Å². The van der Waals surface area contributed by atoms with Crippen LogP contribution in [0.4, 0.5) is 13.2 Å². The number of hydrogen-bond donors (Lipinski definition) is 1. The molecule has 0 aliphatic heterocycles. The maximum absolute atomic E-state index is 12.9. The first-order valence-electron chi connectivity index (χ1n) is 7.71. The summed E-state index contributed by atoms with van der Waals surface area (Å²) in [5.74, 6) is 0. The molecule has 4 nitrogen and oxygen atoms in total. The van der Waals surface area contributed by atoms with Gasteiger partial charge in [0.1, 0.15) is 0 Å². The van der Waals surface area contributed by atoms with Crippen LogP contribution in [0.1, 0.15) is 16.7 Å². The van der Waals surface area contributed by atoms with Crippen molar-refractivity contribution in [2.45, 2.75) is 18.7 Å². The first-order chi connectivity index (χ1) is 12.2. The summed E-state index contributed by atoms with van der Waals surface area (Å²) < 4.78 is 62.9. The molecular formula is C18H18F3NO3S. The van der Waals surface area contributed by atoms with E-state index in [-0.39, 0.29) is 13.2 Å². The molecular weight excluding hydrogens is 367 g/mol. The van der Waals surface area contributed by atoms with Gasteiger partial charge in [0, 0.05) is 13.1 Å². The van der Waals surface area contributed by atoms with Crippen molar-refractivity contribution in [2.24, 2.45) is 0 Å².